The fourth-order valence-corrected chi connectivity index (χ4v) is 3.00. The van der Waals surface area contributed by atoms with Gasteiger partial charge in [-0.25, -0.2) is 9.18 Å². The molecule has 2 aromatic rings. The Balaban J connectivity index is 2.27. The molecule has 0 saturated carbocycles. The van der Waals surface area contributed by atoms with E-state index in [0.29, 0.717) is 12.1 Å². The molecule has 6 heteroatoms. The average Bonchev–Trinajstić information content (AvgIpc) is 2.74. The lowest BCUT2D eigenvalue weighted by Crippen LogP contribution is -2.43. The molecule has 2 heterocycles. The third-order valence-corrected chi connectivity index (χ3v) is 4.15. The number of nitrogens with zero attached hydrogens (tertiary/aromatic N) is 2. The number of aryl methyl sites for hydroxylation is 1. The highest BCUT2D eigenvalue weighted by Gasteiger charge is 2.20. The zero-order valence-electron chi connectivity index (χ0n) is 11.9. The SMILES string of the molecule is Cn1c(=O)n(C2CCCCNC2)c(=O)c2cc(F)ccc21. The van der Waals surface area contributed by atoms with Crippen LogP contribution < -0.4 is 16.6 Å². The molecule has 1 aromatic heterocycles. The Labute approximate surface area is 121 Å². The van der Waals surface area contributed by atoms with Gasteiger partial charge in [-0.2, -0.15) is 0 Å². The minimum Gasteiger partial charge on any atom is -0.315 e. The minimum atomic E-state index is -0.469. The van der Waals surface area contributed by atoms with Crippen LogP contribution in [0, 0.1) is 5.82 Å². The van der Waals surface area contributed by atoms with Crippen LogP contribution in [0.4, 0.5) is 4.39 Å². The molecule has 1 aliphatic rings. The molecule has 0 bridgehead atoms. The lowest BCUT2D eigenvalue weighted by molar-refractivity contribution is 0.426. The third kappa shape index (κ3) is 2.40. The summed E-state index contributed by atoms with van der Waals surface area (Å²) in [5.74, 6) is -0.469. The van der Waals surface area contributed by atoms with E-state index >= 15 is 0 Å². The van der Waals surface area contributed by atoms with E-state index in [9.17, 15) is 14.0 Å². The van der Waals surface area contributed by atoms with Crippen molar-refractivity contribution in [3.63, 3.8) is 0 Å². The number of fused-ring (bicyclic) bond motifs is 1. The van der Waals surface area contributed by atoms with Gasteiger partial charge in [-0.3, -0.25) is 13.9 Å². The maximum absolute atomic E-state index is 13.4. The van der Waals surface area contributed by atoms with Gasteiger partial charge in [0.05, 0.1) is 16.9 Å². The maximum Gasteiger partial charge on any atom is 0.331 e. The van der Waals surface area contributed by atoms with E-state index < -0.39 is 11.4 Å². The summed E-state index contributed by atoms with van der Waals surface area (Å²) in [5.41, 5.74) is -0.279. The van der Waals surface area contributed by atoms with Crippen LogP contribution in [0.25, 0.3) is 10.9 Å². The second kappa shape index (κ2) is 5.44. The molecule has 112 valence electrons. The molecule has 1 unspecified atom stereocenters. The quantitative estimate of drug-likeness (QED) is 0.857. The van der Waals surface area contributed by atoms with E-state index in [-0.39, 0.29) is 17.1 Å². The summed E-state index contributed by atoms with van der Waals surface area (Å²) < 4.78 is 16.1. The summed E-state index contributed by atoms with van der Waals surface area (Å²) in [6.45, 7) is 1.49. The summed E-state index contributed by atoms with van der Waals surface area (Å²) in [6.07, 6.45) is 2.78. The standard InChI is InChI=1S/C15H18FN3O2/c1-18-13-6-5-10(16)8-12(13)14(20)19(15(18)21)11-4-2-3-7-17-9-11/h5-6,8,11,17H,2-4,7,9H2,1H3. The molecule has 1 fully saturated rings. The summed E-state index contributed by atoms with van der Waals surface area (Å²) >= 11 is 0. The van der Waals surface area contributed by atoms with Crippen molar-refractivity contribution >= 4 is 10.9 Å². The lowest BCUT2D eigenvalue weighted by atomic mass is 10.1. The molecule has 0 spiro atoms. The maximum atomic E-state index is 13.4. The third-order valence-electron chi connectivity index (χ3n) is 4.15. The number of halogens is 1. The largest absolute Gasteiger partial charge is 0.331 e. The first-order chi connectivity index (χ1) is 10.1. The molecule has 0 aliphatic carbocycles. The van der Waals surface area contributed by atoms with Crippen LogP contribution in [0.5, 0.6) is 0 Å². The summed E-state index contributed by atoms with van der Waals surface area (Å²) in [6, 6.07) is 3.77. The monoisotopic (exact) mass is 291 g/mol. The Morgan fingerprint density at radius 2 is 2.10 bits per heavy atom. The molecule has 3 rings (SSSR count). The number of benzene rings is 1. The van der Waals surface area contributed by atoms with Crippen molar-refractivity contribution in [2.75, 3.05) is 13.1 Å². The highest BCUT2D eigenvalue weighted by atomic mass is 19.1. The van der Waals surface area contributed by atoms with Crippen LogP contribution in [0.1, 0.15) is 25.3 Å². The van der Waals surface area contributed by atoms with E-state index in [1.807, 2.05) is 0 Å². The summed E-state index contributed by atoms with van der Waals surface area (Å²) in [7, 11) is 1.61. The first kappa shape index (κ1) is 14.0. The average molecular weight is 291 g/mol. The van der Waals surface area contributed by atoms with E-state index in [1.54, 1.807) is 7.05 Å². The number of nitrogens with one attached hydrogen (secondary N) is 1. The molecule has 21 heavy (non-hydrogen) atoms. The van der Waals surface area contributed by atoms with Gasteiger partial charge >= 0.3 is 5.69 Å². The first-order valence-electron chi connectivity index (χ1n) is 7.21. The van der Waals surface area contributed by atoms with Crippen molar-refractivity contribution in [2.45, 2.75) is 25.3 Å². The van der Waals surface area contributed by atoms with Crippen molar-refractivity contribution in [1.29, 1.82) is 0 Å². The molecule has 0 radical (unpaired) electrons. The summed E-state index contributed by atoms with van der Waals surface area (Å²) in [5, 5.41) is 3.50. The molecular formula is C15H18FN3O2. The van der Waals surface area contributed by atoms with Gasteiger partial charge in [0.15, 0.2) is 0 Å². The molecule has 0 amide bonds. The van der Waals surface area contributed by atoms with Gasteiger partial charge in [0, 0.05) is 13.6 Å². The van der Waals surface area contributed by atoms with Crippen molar-refractivity contribution < 1.29 is 4.39 Å². The molecular weight excluding hydrogens is 273 g/mol. The lowest BCUT2D eigenvalue weighted by Gasteiger charge is -2.19. The van der Waals surface area contributed by atoms with Gasteiger partial charge in [-0.05, 0) is 37.6 Å². The van der Waals surface area contributed by atoms with Crippen LogP contribution in [0.2, 0.25) is 0 Å². The fraction of sp³-hybridized carbons (Fsp3) is 0.467. The highest BCUT2D eigenvalue weighted by molar-refractivity contribution is 5.77. The predicted molar refractivity (Wildman–Crippen MR) is 79.2 cm³/mol. The number of hydrogen-bond donors (Lipinski definition) is 1. The Kier molecular flexibility index (Phi) is 3.63. The van der Waals surface area contributed by atoms with Gasteiger partial charge in [-0.15, -0.1) is 0 Å². The van der Waals surface area contributed by atoms with E-state index in [2.05, 4.69) is 5.32 Å². The van der Waals surface area contributed by atoms with Crippen molar-refractivity contribution in [2.24, 2.45) is 7.05 Å². The topological polar surface area (TPSA) is 56.0 Å². The van der Waals surface area contributed by atoms with Crippen molar-refractivity contribution in [3.05, 3.63) is 44.9 Å². The van der Waals surface area contributed by atoms with Crippen molar-refractivity contribution in [1.82, 2.24) is 14.5 Å². The molecule has 5 nitrogen and oxygen atoms in total. The second-order valence-electron chi connectivity index (χ2n) is 5.53. The number of aromatic nitrogens is 2. The second-order valence-corrected chi connectivity index (χ2v) is 5.53. The van der Waals surface area contributed by atoms with Crippen LogP contribution in [-0.2, 0) is 7.05 Å². The van der Waals surface area contributed by atoms with Crippen LogP contribution in [0.3, 0.4) is 0 Å². The predicted octanol–water partition coefficient (Wildman–Crippen LogP) is 1.15. The zero-order valence-corrected chi connectivity index (χ0v) is 11.9. The van der Waals surface area contributed by atoms with Gasteiger partial charge in [0.2, 0.25) is 0 Å². The molecule has 1 aromatic carbocycles. The zero-order chi connectivity index (χ0) is 15.0. The molecule has 1 N–H and O–H groups in total. The Bertz CT molecular complexity index is 786. The molecule has 1 aliphatic heterocycles. The van der Waals surface area contributed by atoms with Crippen LogP contribution in [0.15, 0.2) is 27.8 Å². The Hall–Kier alpha value is -1.95. The van der Waals surface area contributed by atoms with Crippen LogP contribution >= 0.6 is 0 Å². The van der Waals surface area contributed by atoms with E-state index in [4.69, 9.17) is 0 Å². The minimum absolute atomic E-state index is 0.175. The molecule has 1 saturated heterocycles. The van der Waals surface area contributed by atoms with E-state index in [1.165, 1.54) is 27.3 Å². The fourth-order valence-electron chi connectivity index (χ4n) is 3.00. The summed E-state index contributed by atoms with van der Waals surface area (Å²) in [4.78, 5) is 25.1. The molecule has 1 atom stereocenters. The van der Waals surface area contributed by atoms with E-state index in [0.717, 1.165) is 25.8 Å². The van der Waals surface area contributed by atoms with Gasteiger partial charge in [0.25, 0.3) is 5.56 Å². The van der Waals surface area contributed by atoms with Crippen LogP contribution in [-0.4, -0.2) is 22.2 Å². The van der Waals surface area contributed by atoms with Gasteiger partial charge in [-0.1, -0.05) is 6.42 Å². The van der Waals surface area contributed by atoms with Crippen molar-refractivity contribution in [3.8, 4) is 0 Å². The normalized spacial score (nSPS) is 19.6. The van der Waals surface area contributed by atoms with Gasteiger partial charge in [0.1, 0.15) is 5.82 Å². The smallest absolute Gasteiger partial charge is 0.315 e. The van der Waals surface area contributed by atoms with Gasteiger partial charge < -0.3 is 5.32 Å². The Morgan fingerprint density at radius 3 is 2.90 bits per heavy atom. The number of rotatable bonds is 1. The number of hydrogen-bond acceptors (Lipinski definition) is 3. The Morgan fingerprint density at radius 1 is 1.29 bits per heavy atom. The first-order valence-corrected chi connectivity index (χ1v) is 7.21. The highest BCUT2D eigenvalue weighted by Crippen LogP contribution is 2.16.